The molecule has 0 fully saturated rings. The molecule has 146 valence electrons. The first kappa shape index (κ1) is 21.4. The summed E-state index contributed by atoms with van der Waals surface area (Å²) in [5.41, 5.74) is 3.46. The van der Waals surface area contributed by atoms with Gasteiger partial charge in [0.15, 0.2) is 0 Å². The topological polar surface area (TPSA) is 61.4 Å². The Labute approximate surface area is 170 Å². The van der Waals surface area contributed by atoms with Crippen LogP contribution < -0.4 is 10.6 Å². The van der Waals surface area contributed by atoms with Crippen molar-refractivity contribution in [3.8, 4) is 0 Å². The molecule has 1 aliphatic rings. The molecule has 0 saturated heterocycles. The Bertz CT molecular complexity index is 806. The predicted molar refractivity (Wildman–Crippen MR) is 113 cm³/mol. The SMILES string of the molecule is CNCCCC(=O)Nc1cccc(C(=O)N2CCc3sccc3C2)c1C.Cl. The summed E-state index contributed by atoms with van der Waals surface area (Å²) >= 11 is 1.77. The number of nitrogens with zero attached hydrogens (tertiary/aromatic N) is 1. The number of halogens is 1. The van der Waals surface area contributed by atoms with Crippen molar-refractivity contribution in [1.82, 2.24) is 10.2 Å². The third-order valence-electron chi connectivity index (χ3n) is 4.76. The summed E-state index contributed by atoms with van der Waals surface area (Å²) in [4.78, 5) is 28.4. The van der Waals surface area contributed by atoms with E-state index in [1.165, 1.54) is 10.4 Å². The predicted octanol–water partition coefficient (Wildman–Crippen LogP) is 3.61. The maximum atomic E-state index is 13.0. The van der Waals surface area contributed by atoms with Gasteiger partial charge < -0.3 is 15.5 Å². The van der Waals surface area contributed by atoms with Gasteiger partial charge in [0.1, 0.15) is 0 Å². The fourth-order valence-electron chi connectivity index (χ4n) is 3.23. The van der Waals surface area contributed by atoms with Crippen LogP contribution in [0, 0.1) is 6.92 Å². The molecule has 0 bridgehead atoms. The third-order valence-corrected chi connectivity index (χ3v) is 5.79. The molecule has 2 heterocycles. The highest BCUT2D eigenvalue weighted by Crippen LogP contribution is 2.27. The van der Waals surface area contributed by atoms with Crippen LogP contribution in [0.5, 0.6) is 0 Å². The summed E-state index contributed by atoms with van der Waals surface area (Å²) in [5, 5.41) is 8.07. The third kappa shape index (κ3) is 5.09. The zero-order chi connectivity index (χ0) is 18.5. The number of carbonyl (C=O) groups is 2. The summed E-state index contributed by atoms with van der Waals surface area (Å²) in [6.07, 6.45) is 2.17. The van der Waals surface area contributed by atoms with Crippen molar-refractivity contribution in [3.63, 3.8) is 0 Å². The lowest BCUT2D eigenvalue weighted by atomic mass is 10.0. The van der Waals surface area contributed by atoms with Crippen LogP contribution in [-0.2, 0) is 17.8 Å². The van der Waals surface area contributed by atoms with E-state index in [-0.39, 0.29) is 24.2 Å². The second-order valence-corrected chi connectivity index (χ2v) is 7.58. The van der Waals surface area contributed by atoms with Gasteiger partial charge in [0.25, 0.3) is 5.91 Å². The summed E-state index contributed by atoms with van der Waals surface area (Å²) in [5.74, 6) is 0.0134. The van der Waals surface area contributed by atoms with E-state index in [1.807, 2.05) is 37.1 Å². The zero-order valence-corrected chi connectivity index (χ0v) is 17.3. The fraction of sp³-hybridized carbons (Fsp3) is 0.400. The first-order valence-corrected chi connectivity index (χ1v) is 9.86. The minimum atomic E-state index is -0.0196. The molecule has 1 aromatic heterocycles. The molecule has 3 rings (SSSR count). The number of rotatable bonds is 6. The summed E-state index contributed by atoms with van der Waals surface area (Å²) in [6, 6.07) is 7.64. The lowest BCUT2D eigenvalue weighted by Gasteiger charge is -2.28. The van der Waals surface area contributed by atoms with Gasteiger partial charge in [0.2, 0.25) is 5.91 Å². The molecular formula is C20H26ClN3O2S. The average Bonchev–Trinajstić information content (AvgIpc) is 3.11. The van der Waals surface area contributed by atoms with Crippen molar-refractivity contribution < 1.29 is 9.59 Å². The van der Waals surface area contributed by atoms with Gasteiger partial charge in [-0.3, -0.25) is 9.59 Å². The molecule has 0 atom stereocenters. The van der Waals surface area contributed by atoms with E-state index in [2.05, 4.69) is 22.1 Å². The Hall–Kier alpha value is -1.89. The molecule has 7 heteroatoms. The Kier molecular flexibility index (Phi) is 7.83. The van der Waals surface area contributed by atoms with Crippen LogP contribution in [0.4, 0.5) is 5.69 Å². The molecule has 0 radical (unpaired) electrons. The van der Waals surface area contributed by atoms with Gasteiger partial charge in [-0.05, 0) is 68.1 Å². The smallest absolute Gasteiger partial charge is 0.254 e. The van der Waals surface area contributed by atoms with Crippen molar-refractivity contribution in [2.24, 2.45) is 0 Å². The lowest BCUT2D eigenvalue weighted by Crippen LogP contribution is -2.35. The number of carbonyl (C=O) groups excluding carboxylic acids is 2. The minimum absolute atomic E-state index is 0. The summed E-state index contributed by atoms with van der Waals surface area (Å²) in [6.45, 7) is 4.12. The molecule has 0 saturated carbocycles. The zero-order valence-electron chi connectivity index (χ0n) is 15.7. The van der Waals surface area contributed by atoms with Crippen LogP contribution in [0.15, 0.2) is 29.6 Å². The molecule has 1 aromatic carbocycles. The van der Waals surface area contributed by atoms with Crippen molar-refractivity contribution in [1.29, 1.82) is 0 Å². The first-order chi connectivity index (χ1) is 12.6. The minimum Gasteiger partial charge on any atom is -0.334 e. The van der Waals surface area contributed by atoms with Gasteiger partial charge in [-0.25, -0.2) is 0 Å². The summed E-state index contributed by atoms with van der Waals surface area (Å²) in [7, 11) is 1.87. The van der Waals surface area contributed by atoms with Crippen molar-refractivity contribution in [3.05, 3.63) is 51.2 Å². The number of anilines is 1. The van der Waals surface area contributed by atoms with Crippen molar-refractivity contribution in [2.45, 2.75) is 32.7 Å². The largest absolute Gasteiger partial charge is 0.334 e. The monoisotopic (exact) mass is 407 g/mol. The van der Waals surface area contributed by atoms with E-state index in [1.54, 1.807) is 11.3 Å². The Morgan fingerprint density at radius 1 is 1.26 bits per heavy atom. The number of amides is 2. The molecular weight excluding hydrogens is 382 g/mol. The van der Waals surface area contributed by atoms with E-state index < -0.39 is 0 Å². The summed E-state index contributed by atoms with van der Waals surface area (Å²) < 4.78 is 0. The Balaban J connectivity index is 0.00000261. The van der Waals surface area contributed by atoms with Gasteiger partial charge >= 0.3 is 0 Å². The normalized spacial score (nSPS) is 12.9. The van der Waals surface area contributed by atoms with Crippen LogP contribution in [0.3, 0.4) is 0 Å². The number of thiophene rings is 1. The molecule has 0 unspecified atom stereocenters. The highest BCUT2D eigenvalue weighted by Gasteiger charge is 2.24. The number of hydrogen-bond acceptors (Lipinski definition) is 4. The van der Waals surface area contributed by atoms with Gasteiger partial charge in [-0.15, -0.1) is 23.7 Å². The van der Waals surface area contributed by atoms with E-state index in [0.29, 0.717) is 18.5 Å². The maximum Gasteiger partial charge on any atom is 0.254 e. The van der Waals surface area contributed by atoms with Crippen LogP contribution in [0.1, 0.15) is 39.2 Å². The highest BCUT2D eigenvalue weighted by molar-refractivity contribution is 7.10. The molecule has 27 heavy (non-hydrogen) atoms. The van der Waals surface area contributed by atoms with Gasteiger partial charge in [0, 0.05) is 35.6 Å². The van der Waals surface area contributed by atoms with Crippen LogP contribution in [0.25, 0.3) is 0 Å². The molecule has 2 N–H and O–H groups in total. The van der Waals surface area contributed by atoms with Gasteiger partial charge in [0.05, 0.1) is 0 Å². The van der Waals surface area contributed by atoms with Crippen molar-refractivity contribution in [2.75, 3.05) is 25.5 Å². The fourth-order valence-corrected chi connectivity index (χ4v) is 4.12. The highest BCUT2D eigenvalue weighted by atomic mass is 35.5. The molecule has 5 nitrogen and oxygen atoms in total. The number of benzene rings is 1. The number of hydrogen-bond donors (Lipinski definition) is 2. The Morgan fingerprint density at radius 3 is 2.85 bits per heavy atom. The second-order valence-electron chi connectivity index (χ2n) is 6.58. The maximum absolute atomic E-state index is 13.0. The standard InChI is InChI=1S/C20H25N3O2S.ClH/c1-14-16(5-3-6-17(14)22-19(24)7-4-10-21-2)20(25)23-11-8-18-15(13-23)9-12-26-18;/h3,5-6,9,12,21H,4,7-8,10-11,13H2,1-2H3,(H,22,24);1H. The molecule has 0 aliphatic carbocycles. The van der Waals surface area contributed by atoms with E-state index >= 15 is 0 Å². The Morgan fingerprint density at radius 2 is 2.07 bits per heavy atom. The van der Waals surface area contributed by atoms with E-state index in [4.69, 9.17) is 0 Å². The lowest BCUT2D eigenvalue weighted by molar-refractivity contribution is -0.116. The van der Waals surface area contributed by atoms with E-state index in [9.17, 15) is 9.59 Å². The van der Waals surface area contributed by atoms with Crippen LogP contribution >= 0.6 is 23.7 Å². The quantitative estimate of drug-likeness (QED) is 0.719. The molecule has 2 amide bonds. The van der Waals surface area contributed by atoms with Crippen molar-refractivity contribution >= 4 is 41.2 Å². The second kappa shape index (κ2) is 9.88. The van der Waals surface area contributed by atoms with Gasteiger partial charge in [-0.1, -0.05) is 6.07 Å². The van der Waals surface area contributed by atoms with Gasteiger partial charge in [-0.2, -0.15) is 0 Å². The van der Waals surface area contributed by atoms with E-state index in [0.717, 1.165) is 37.2 Å². The van der Waals surface area contributed by atoms with Crippen LogP contribution in [0.2, 0.25) is 0 Å². The number of nitrogens with one attached hydrogen (secondary N) is 2. The average molecular weight is 408 g/mol. The molecule has 1 aliphatic heterocycles. The molecule has 0 spiro atoms. The van der Waals surface area contributed by atoms with Crippen LogP contribution in [-0.4, -0.2) is 36.9 Å². The first-order valence-electron chi connectivity index (χ1n) is 8.98. The number of fused-ring (bicyclic) bond motifs is 1. The molecule has 2 aromatic rings.